The van der Waals surface area contributed by atoms with E-state index >= 15 is 0 Å². The second-order valence-electron chi connectivity index (χ2n) is 4.13. The molecule has 0 saturated heterocycles. The Bertz CT molecular complexity index is 659. The molecule has 0 fully saturated rings. The number of hydrogen-bond acceptors (Lipinski definition) is 4. The lowest BCUT2D eigenvalue weighted by atomic mass is 10.2. The first-order valence-electron chi connectivity index (χ1n) is 5.80. The molecule has 6 nitrogen and oxygen atoms in total. The first-order valence-corrected chi connectivity index (χ1v) is 5.80. The van der Waals surface area contributed by atoms with Gasteiger partial charge in [-0.25, -0.2) is 4.79 Å². The Balaban J connectivity index is 2.22. The number of anilines is 1. The van der Waals surface area contributed by atoms with Gasteiger partial charge in [-0.2, -0.15) is 0 Å². The van der Waals surface area contributed by atoms with E-state index in [1.165, 1.54) is 19.2 Å². The van der Waals surface area contributed by atoms with E-state index in [0.29, 0.717) is 11.4 Å². The summed E-state index contributed by atoms with van der Waals surface area (Å²) in [6.45, 7) is 1.88. The van der Waals surface area contributed by atoms with Crippen molar-refractivity contribution in [3.63, 3.8) is 0 Å². The molecule has 1 heterocycles. The van der Waals surface area contributed by atoms with Crippen LogP contribution in [0.4, 0.5) is 5.69 Å². The Morgan fingerprint density at radius 2 is 1.90 bits per heavy atom. The molecule has 0 unspecified atom stereocenters. The molecule has 104 valence electrons. The molecule has 0 spiro atoms. The predicted octanol–water partition coefficient (Wildman–Crippen LogP) is 2.55. The highest BCUT2D eigenvalue weighted by molar-refractivity contribution is 6.03. The summed E-state index contributed by atoms with van der Waals surface area (Å²) in [6, 6.07) is 7.86. The molecular formula is C14H13NO5. The van der Waals surface area contributed by atoms with E-state index in [4.69, 9.17) is 14.3 Å². The summed E-state index contributed by atoms with van der Waals surface area (Å²) in [6.07, 6.45) is 0. The van der Waals surface area contributed by atoms with Gasteiger partial charge in [0.1, 0.15) is 5.75 Å². The number of furan rings is 1. The van der Waals surface area contributed by atoms with Gasteiger partial charge in [0.05, 0.1) is 12.8 Å². The second-order valence-corrected chi connectivity index (χ2v) is 4.13. The molecule has 0 bridgehead atoms. The van der Waals surface area contributed by atoms with Gasteiger partial charge in [0.25, 0.3) is 5.91 Å². The molecule has 0 radical (unpaired) electrons. The predicted molar refractivity (Wildman–Crippen MR) is 71.4 cm³/mol. The summed E-state index contributed by atoms with van der Waals surface area (Å²) in [5.41, 5.74) is 1.44. The Kier molecular flexibility index (Phi) is 3.74. The van der Waals surface area contributed by atoms with Crippen molar-refractivity contribution in [2.24, 2.45) is 0 Å². The smallest absolute Gasteiger partial charge is 0.371 e. The van der Waals surface area contributed by atoms with Crippen molar-refractivity contribution >= 4 is 17.6 Å². The minimum atomic E-state index is -1.22. The van der Waals surface area contributed by atoms with Crippen LogP contribution in [-0.4, -0.2) is 24.1 Å². The first kappa shape index (κ1) is 13.7. The summed E-state index contributed by atoms with van der Waals surface area (Å²) in [5.74, 6) is -1.62. The number of nitrogens with one attached hydrogen (secondary N) is 1. The Morgan fingerprint density at radius 3 is 2.50 bits per heavy atom. The summed E-state index contributed by atoms with van der Waals surface area (Å²) in [5, 5.41) is 11.4. The topological polar surface area (TPSA) is 88.8 Å². The zero-order valence-electron chi connectivity index (χ0n) is 11.0. The number of benzene rings is 1. The molecule has 2 N–H and O–H groups in total. The van der Waals surface area contributed by atoms with Crippen molar-refractivity contribution in [2.45, 2.75) is 6.92 Å². The van der Waals surface area contributed by atoms with Crippen LogP contribution in [0.25, 0.3) is 0 Å². The van der Waals surface area contributed by atoms with E-state index in [9.17, 15) is 9.59 Å². The van der Waals surface area contributed by atoms with Crippen molar-refractivity contribution in [2.75, 3.05) is 12.4 Å². The summed E-state index contributed by atoms with van der Waals surface area (Å²) < 4.78 is 10.1. The fourth-order valence-corrected chi connectivity index (χ4v) is 1.68. The van der Waals surface area contributed by atoms with Gasteiger partial charge in [-0.3, -0.25) is 4.79 Å². The summed E-state index contributed by atoms with van der Waals surface area (Å²) in [7, 11) is 1.50. The number of carbonyl (C=O) groups is 2. The number of aromatic carboxylic acids is 1. The summed E-state index contributed by atoms with van der Waals surface area (Å²) >= 11 is 0. The zero-order valence-corrected chi connectivity index (χ0v) is 11.0. The van der Waals surface area contributed by atoms with Crippen LogP contribution in [0.5, 0.6) is 5.75 Å². The van der Waals surface area contributed by atoms with E-state index in [1.807, 2.05) is 13.0 Å². The van der Waals surface area contributed by atoms with Crippen LogP contribution < -0.4 is 10.1 Å². The molecule has 1 amide bonds. The van der Waals surface area contributed by atoms with Crippen LogP contribution in [0.3, 0.4) is 0 Å². The average molecular weight is 275 g/mol. The van der Waals surface area contributed by atoms with Gasteiger partial charge in [-0.1, -0.05) is 6.07 Å². The van der Waals surface area contributed by atoms with Crippen LogP contribution in [0.15, 0.2) is 34.7 Å². The molecule has 0 aliphatic rings. The molecule has 1 aromatic heterocycles. The van der Waals surface area contributed by atoms with Gasteiger partial charge < -0.3 is 19.6 Å². The van der Waals surface area contributed by atoms with Gasteiger partial charge in [0.15, 0.2) is 5.76 Å². The maximum Gasteiger partial charge on any atom is 0.371 e. The van der Waals surface area contributed by atoms with Crippen molar-refractivity contribution in [1.82, 2.24) is 0 Å². The minimum absolute atomic E-state index is 0.0778. The SMILES string of the molecule is COc1ccc(C)cc1NC(=O)c1ccc(C(=O)O)o1. The third kappa shape index (κ3) is 2.80. The average Bonchev–Trinajstić information content (AvgIpc) is 2.89. The highest BCUT2D eigenvalue weighted by Crippen LogP contribution is 2.25. The monoisotopic (exact) mass is 275 g/mol. The van der Waals surface area contributed by atoms with Gasteiger partial charge in [-0.05, 0) is 36.8 Å². The van der Waals surface area contributed by atoms with Crippen LogP contribution in [0.2, 0.25) is 0 Å². The van der Waals surface area contributed by atoms with Crippen LogP contribution in [0, 0.1) is 6.92 Å². The standard InChI is InChI=1S/C14H13NO5/c1-8-3-4-10(19-2)9(7-8)15-13(16)11-5-6-12(20-11)14(17)18/h3-7H,1-2H3,(H,15,16)(H,17,18). The highest BCUT2D eigenvalue weighted by Gasteiger charge is 2.16. The number of hydrogen-bond donors (Lipinski definition) is 2. The van der Waals surface area contributed by atoms with Crippen LogP contribution in [-0.2, 0) is 0 Å². The number of carboxylic acids is 1. The third-order valence-corrected chi connectivity index (χ3v) is 2.64. The molecular weight excluding hydrogens is 262 g/mol. The lowest BCUT2D eigenvalue weighted by Gasteiger charge is -2.09. The molecule has 2 rings (SSSR count). The number of methoxy groups -OCH3 is 1. The van der Waals surface area contributed by atoms with Crippen molar-refractivity contribution in [3.05, 3.63) is 47.4 Å². The lowest BCUT2D eigenvalue weighted by Crippen LogP contribution is -2.12. The van der Waals surface area contributed by atoms with E-state index in [1.54, 1.807) is 12.1 Å². The highest BCUT2D eigenvalue weighted by atomic mass is 16.5. The van der Waals surface area contributed by atoms with Crippen molar-refractivity contribution in [1.29, 1.82) is 0 Å². The van der Waals surface area contributed by atoms with Crippen molar-refractivity contribution < 1.29 is 23.8 Å². The molecule has 1 aromatic carbocycles. The minimum Gasteiger partial charge on any atom is -0.495 e. The summed E-state index contributed by atoms with van der Waals surface area (Å²) in [4.78, 5) is 22.7. The Labute approximate surface area is 115 Å². The zero-order chi connectivity index (χ0) is 14.7. The molecule has 0 aliphatic carbocycles. The normalized spacial score (nSPS) is 10.1. The first-order chi connectivity index (χ1) is 9.51. The largest absolute Gasteiger partial charge is 0.495 e. The van der Waals surface area contributed by atoms with Gasteiger partial charge in [0, 0.05) is 0 Å². The van der Waals surface area contributed by atoms with Gasteiger partial charge in [0.2, 0.25) is 5.76 Å². The quantitative estimate of drug-likeness (QED) is 0.895. The van der Waals surface area contributed by atoms with Gasteiger partial charge in [-0.15, -0.1) is 0 Å². The number of amides is 1. The van der Waals surface area contributed by atoms with E-state index < -0.39 is 11.9 Å². The molecule has 20 heavy (non-hydrogen) atoms. The Hall–Kier alpha value is -2.76. The maximum absolute atomic E-state index is 12.0. The van der Waals surface area contributed by atoms with E-state index in [-0.39, 0.29) is 11.5 Å². The number of rotatable bonds is 4. The van der Waals surface area contributed by atoms with E-state index in [0.717, 1.165) is 5.56 Å². The lowest BCUT2D eigenvalue weighted by molar-refractivity contribution is 0.0660. The van der Waals surface area contributed by atoms with Crippen LogP contribution >= 0.6 is 0 Å². The fraction of sp³-hybridized carbons (Fsp3) is 0.143. The second kappa shape index (κ2) is 5.48. The number of aryl methyl sites for hydroxylation is 1. The fourth-order valence-electron chi connectivity index (χ4n) is 1.68. The molecule has 0 atom stereocenters. The molecule has 0 saturated carbocycles. The number of carbonyl (C=O) groups excluding carboxylic acids is 1. The van der Waals surface area contributed by atoms with Gasteiger partial charge >= 0.3 is 5.97 Å². The molecule has 6 heteroatoms. The van der Waals surface area contributed by atoms with Crippen molar-refractivity contribution in [3.8, 4) is 5.75 Å². The Morgan fingerprint density at radius 1 is 1.20 bits per heavy atom. The number of ether oxygens (including phenoxy) is 1. The molecule has 0 aliphatic heterocycles. The van der Waals surface area contributed by atoms with E-state index in [2.05, 4.69) is 5.32 Å². The third-order valence-electron chi connectivity index (χ3n) is 2.64. The maximum atomic E-state index is 12.0. The van der Waals surface area contributed by atoms with Crippen LogP contribution in [0.1, 0.15) is 26.7 Å². The molecule has 2 aromatic rings. The number of carboxylic acid groups (broad SMARTS) is 1.